The predicted octanol–water partition coefficient (Wildman–Crippen LogP) is 3.89. The lowest BCUT2D eigenvalue weighted by molar-refractivity contribution is -0.137. The molecule has 0 saturated carbocycles. The molecule has 2 aromatic carbocycles. The van der Waals surface area contributed by atoms with E-state index in [-0.39, 0.29) is 30.0 Å². The quantitative estimate of drug-likeness (QED) is 0.621. The molecular formula is C17H15ClFNO3. The molecule has 0 fully saturated rings. The second kappa shape index (κ2) is 7.74. The molecule has 2 aromatic rings. The van der Waals surface area contributed by atoms with Gasteiger partial charge in [0, 0.05) is 29.1 Å². The minimum atomic E-state index is -0.918. The second-order valence-corrected chi connectivity index (χ2v) is 5.31. The zero-order valence-electron chi connectivity index (χ0n) is 12.2. The normalized spacial score (nSPS) is 11.5. The number of aliphatic imine (C=N–C) groups is 1. The van der Waals surface area contributed by atoms with Gasteiger partial charge >= 0.3 is 5.97 Å². The smallest absolute Gasteiger partial charge is 0.303 e. The predicted molar refractivity (Wildman–Crippen MR) is 86.9 cm³/mol. The summed E-state index contributed by atoms with van der Waals surface area (Å²) in [5.74, 6) is -1.48. The summed E-state index contributed by atoms with van der Waals surface area (Å²) >= 11 is 5.95. The molecule has 120 valence electrons. The van der Waals surface area contributed by atoms with E-state index in [9.17, 15) is 14.3 Å². The monoisotopic (exact) mass is 335 g/mol. The van der Waals surface area contributed by atoms with E-state index in [0.717, 1.165) is 0 Å². The van der Waals surface area contributed by atoms with Crippen molar-refractivity contribution in [1.29, 1.82) is 0 Å². The highest BCUT2D eigenvalue weighted by atomic mass is 35.5. The van der Waals surface area contributed by atoms with Crippen molar-refractivity contribution in [2.45, 2.75) is 12.8 Å². The van der Waals surface area contributed by atoms with E-state index in [1.165, 1.54) is 24.3 Å². The Morgan fingerprint density at radius 1 is 1.17 bits per heavy atom. The molecule has 0 heterocycles. The Labute approximate surface area is 137 Å². The molecule has 0 bridgehead atoms. The first kappa shape index (κ1) is 17.0. The van der Waals surface area contributed by atoms with Gasteiger partial charge in [0.2, 0.25) is 0 Å². The number of carbonyl (C=O) groups is 1. The number of hydrogen-bond acceptors (Lipinski definition) is 3. The van der Waals surface area contributed by atoms with Crippen LogP contribution in [0.5, 0.6) is 5.75 Å². The van der Waals surface area contributed by atoms with Crippen LogP contribution >= 0.6 is 11.6 Å². The molecule has 0 atom stereocenters. The summed E-state index contributed by atoms with van der Waals surface area (Å²) in [5.41, 5.74) is 0.770. The Kier molecular flexibility index (Phi) is 5.71. The topological polar surface area (TPSA) is 69.9 Å². The summed E-state index contributed by atoms with van der Waals surface area (Å²) in [5, 5.41) is 19.1. The molecule has 23 heavy (non-hydrogen) atoms. The third-order valence-electron chi connectivity index (χ3n) is 3.16. The van der Waals surface area contributed by atoms with E-state index in [1.54, 1.807) is 18.2 Å². The maximum absolute atomic E-state index is 14.1. The molecule has 0 aliphatic carbocycles. The van der Waals surface area contributed by atoms with Crippen molar-refractivity contribution in [1.82, 2.24) is 0 Å². The zero-order chi connectivity index (χ0) is 16.8. The lowest BCUT2D eigenvalue weighted by atomic mass is 10.0. The second-order valence-electron chi connectivity index (χ2n) is 4.87. The lowest BCUT2D eigenvalue weighted by Crippen LogP contribution is -2.08. The number of aromatic hydroxyl groups is 1. The number of hydrogen-bond donors (Lipinski definition) is 2. The van der Waals surface area contributed by atoms with Crippen LogP contribution in [0.3, 0.4) is 0 Å². The molecule has 0 aliphatic heterocycles. The highest BCUT2D eigenvalue weighted by Crippen LogP contribution is 2.26. The highest BCUT2D eigenvalue weighted by molar-refractivity contribution is 6.31. The molecule has 4 nitrogen and oxygen atoms in total. The van der Waals surface area contributed by atoms with Gasteiger partial charge in [-0.1, -0.05) is 23.7 Å². The fourth-order valence-electron chi connectivity index (χ4n) is 2.09. The van der Waals surface area contributed by atoms with Crippen molar-refractivity contribution < 1.29 is 19.4 Å². The Balaban J connectivity index is 2.43. The highest BCUT2D eigenvalue weighted by Gasteiger charge is 2.15. The Hall–Kier alpha value is -2.40. The van der Waals surface area contributed by atoms with Gasteiger partial charge in [-0.15, -0.1) is 0 Å². The number of phenols is 1. The number of carboxylic acids is 1. The standard InChI is InChI=1S/C17H15ClFNO3/c18-11-7-8-15(21)13(10-11)17(20-9-3-6-16(22)23)12-4-1-2-5-14(12)19/h1-2,4-5,7-8,10,21H,3,6,9H2,(H,22,23). The molecule has 2 N–H and O–H groups in total. The van der Waals surface area contributed by atoms with Crippen molar-refractivity contribution in [2.75, 3.05) is 6.54 Å². The van der Waals surface area contributed by atoms with Crippen molar-refractivity contribution in [3.05, 3.63) is 64.4 Å². The average Bonchev–Trinajstić information content (AvgIpc) is 2.51. The molecule has 0 unspecified atom stereocenters. The maximum atomic E-state index is 14.1. The van der Waals surface area contributed by atoms with E-state index in [4.69, 9.17) is 16.7 Å². The minimum Gasteiger partial charge on any atom is -0.507 e. The summed E-state index contributed by atoms with van der Waals surface area (Å²) in [6.45, 7) is 0.196. The minimum absolute atomic E-state index is 0.0322. The van der Waals surface area contributed by atoms with Gasteiger partial charge in [-0.05, 0) is 36.8 Å². The number of carboxylic acid groups (broad SMARTS) is 1. The van der Waals surface area contributed by atoms with Crippen LogP contribution in [-0.4, -0.2) is 28.4 Å². The first-order chi connectivity index (χ1) is 11.0. The Morgan fingerprint density at radius 2 is 1.91 bits per heavy atom. The van der Waals surface area contributed by atoms with Gasteiger partial charge in [-0.3, -0.25) is 9.79 Å². The van der Waals surface area contributed by atoms with E-state index >= 15 is 0 Å². The van der Waals surface area contributed by atoms with E-state index in [1.807, 2.05) is 0 Å². The zero-order valence-corrected chi connectivity index (χ0v) is 12.9. The van der Waals surface area contributed by atoms with Crippen LogP contribution < -0.4 is 0 Å². The first-order valence-corrected chi connectivity index (χ1v) is 7.37. The summed E-state index contributed by atoms with van der Waals surface area (Å²) in [4.78, 5) is 14.9. The summed E-state index contributed by atoms with van der Waals surface area (Å²) in [6, 6.07) is 10.5. The van der Waals surface area contributed by atoms with Gasteiger partial charge in [0.1, 0.15) is 11.6 Å². The molecule has 0 spiro atoms. The first-order valence-electron chi connectivity index (χ1n) is 6.99. The maximum Gasteiger partial charge on any atom is 0.303 e. The van der Waals surface area contributed by atoms with Crippen LogP contribution in [0.15, 0.2) is 47.5 Å². The van der Waals surface area contributed by atoms with Gasteiger partial charge in [-0.2, -0.15) is 0 Å². The van der Waals surface area contributed by atoms with E-state index < -0.39 is 11.8 Å². The van der Waals surface area contributed by atoms with Crippen LogP contribution in [0.4, 0.5) is 4.39 Å². The number of rotatable bonds is 6. The molecule has 6 heteroatoms. The third-order valence-corrected chi connectivity index (χ3v) is 3.40. The largest absolute Gasteiger partial charge is 0.507 e. The summed E-state index contributed by atoms with van der Waals surface area (Å²) in [7, 11) is 0. The fraction of sp³-hybridized carbons (Fsp3) is 0.176. The molecule has 0 radical (unpaired) electrons. The number of nitrogens with zero attached hydrogens (tertiary/aromatic N) is 1. The fourth-order valence-corrected chi connectivity index (χ4v) is 2.26. The van der Waals surface area contributed by atoms with Crippen molar-refractivity contribution in [3.8, 4) is 5.75 Å². The summed E-state index contributed by atoms with van der Waals surface area (Å²) < 4.78 is 14.1. The van der Waals surface area contributed by atoms with Crippen molar-refractivity contribution in [3.63, 3.8) is 0 Å². The molecule has 0 aliphatic rings. The van der Waals surface area contributed by atoms with Crippen LogP contribution in [0.1, 0.15) is 24.0 Å². The Morgan fingerprint density at radius 3 is 2.61 bits per heavy atom. The van der Waals surface area contributed by atoms with Gasteiger partial charge in [0.25, 0.3) is 0 Å². The number of phenolic OH excluding ortho intramolecular Hbond substituents is 1. The van der Waals surface area contributed by atoms with Crippen molar-refractivity contribution >= 4 is 23.3 Å². The van der Waals surface area contributed by atoms with Crippen LogP contribution in [0, 0.1) is 5.82 Å². The van der Waals surface area contributed by atoms with Gasteiger partial charge in [-0.25, -0.2) is 4.39 Å². The van der Waals surface area contributed by atoms with Crippen LogP contribution in [0.25, 0.3) is 0 Å². The van der Waals surface area contributed by atoms with Gasteiger partial charge in [0.05, 0.1) is 5.71 Å². The summed E-state index contributed by atoms with van der Waals surface area (Å²) in [6.07, 6.45) is 0.282. The van der Waals surface area contributed by atoms with Gasteiger partial charge < -0.3 is 10.2 Å². The van der Waals surface area contributed by atoms with Crippen molar-refractivity contribution in [2.24, 2.45) is 4.99 Å². The Bertz CT molecular complexity index is 746. The SMILES string of the molecule is O=C(O)CCCN=C(c1cc(Cl)ccc1O)c1ccccc1F. The van der Waals surface area contributed by atoms with E-state index in [2.05, 4.69) is 4.99 Å². The molecule has 0 saturated heterocycles. The third kappa shape index (κ3) is 4.53. The molecular weight excluding hydrogens is 321 g/mol. The number of benzene rings is 2. The molecule has 2 rings (SSSR count). The molecule has 0 aromatic heterocycles. The van der Waals surface area contributed by atoms with Crippen LogP contribution in [0.2, 0.25) is 5.02 Å². The van der Waals surface area contributed by atoms with Crippen LogP contribution in [-0.2, 0) is 4.79 Å². The lowest BCUT2D eigenvalue weighted by Gasteiger charge is -2.11. The van der Waals surface area contributed by atoms with E-state index in [0.29, 0.717) is 17.0 Å². The van der Waals surface area contributed by atoms with Gasteiger partial charge in [0.15, 0.2) is 0 Å². The number of aliphatic carboxylic acids is 1. The molecule has 0 amide bonds. The average molecular weight is 336 g/mol. The number of halogens is 2.